The van der Waals surface area contributed by atoms with E-state index in [1.165, 1.54) is 24.0 Å². The summed E-state index contributed by atoms with van der Waals surface area (Å²) in [5, 5.41) is 7.16. The number of nitrogens with one attached hydrogen (secondary N) is 2. The number of guanidine groups is 1. The topological polar surface area (TPSA) is 69.9 Å². The third kappa shape index (κ3) is 5.12. The van der Waals surface area contributed by atoms with E-state index in [-0.39, 0.29) is 0 Å². The van der Waals surface area contributed by atoms with Crippen LogP contribution in [0.4, 0.5) is 0 Å². The summed E-state index contributed by atoms with van der Waals surface area (Å²) in [5.74, 6) is 2.46. The van der Waals surface area contributed by atoms with Gasteiger partial charge in [0.05, 0.1) is 6.26 Å². The first-order chi connectivity index (χ1) is 15.2. The van der Waals surface area contributed by atoms with Gasteiger partial charge in [0.2, 0.25) is 5.91 Å². The number of aryl methyl sites for hydroxylation is 1. The van der Waals surface area contributed by atoms with E-state index in [1.807, 2.05) is 12.1 Å². The minimum Gasteiger partial charge on any atom is -0.469 e. The Kier molecular flexibility index (Phi) is 5.96. The summed E-state index contributed by atoms with van der Waals surface area (Å²) in [6.45, 7) is 2.32. The Morgan fingerprint density at radius 1 is 1.10 bits per heavy atom. The minimum atomic E-state index is 0.312. The molecular weight excluding hydrogens is 388 g/mol. The molecule has 5 rings (SSSR count). The van der Waals surface area contributed by atoms with Gasteiger partial charge in [0, 0.05) is 50.5 Å². The predicted molar refractivity (Wildman–Crippen MR) is 121 cm³/mol. The summed E-state index contributed by atoms with van der Waals surface area (Å²) >= 11 is 0. The van der Waals surface area contributed by atoms with Gasteiger partial charge in [-0.1, -0.05) is 24.3 Å². The number of fused-ring (bicyclic) bond motifs is 1. The number of benzene rings is 1. The summed E-state index contributed by atoms with van der Waals surface area (Å²) in [4.78, 5) is 19.3. The van der Waals surface area contributed by atoms with Crippen LogP contribution < -0.4 is 10.6 Å². The molecule has 2 heterocycles. The van der Waals surface area contributed by atoms with Crippen molar-refractivity contribution in [2.75, 3.05) is 19.6 Å². The zero-order valence-corrected chi connectivity index (χ0v) is 18.1. The van der Waals surface area contributed by atoms with E-state index in [0.717, 1.165) is 50.5 Å². The molecule has 2 aliphatic carbocycles. The number of hydrogen-bond donors (Lipinski definition) is 2. The van der Waals surface area contributed by atoms with Crippen LogP contribution in [0.5, 0.6) is 0 Å². The minimum absolute atomic E-state index is 0.312. The van der Waals surface area contributed by atoms with Crippen molar-refractivity contribution in [3.05, 3.63) is 59.5 Å². The molecule has 0 spiro atoms. The fourth-order valence-corrected chi connectivity index (χ4v) is 4.82. The average molecular weight is 421 g/mol. The molecule has 3 aliphatic rings. The maximum atomic E-state index is 12.3. The lowest BCUT2D eigenvalue weighted by atomic mass is 9.88. The number of carbonyl (C=O) groups is 1. The molecule has 1 saturated carbocycles. The molecule has 1 aromatic heterocycles. The summed E-state index contributed by atoms with van der Waals surface area (Å²) in [7, 11) is 0. The SMILES string of the molecule is O=C1CC(CN=C(NCCc2ccco2)NC2CCc3ccccc3C2)CN1C1CC1. The highest BCUT2D eigenvalue weighted by molar-refractivity contribution is 5.81. The lowest BCUT2D eigenvalue weighted by Gasteiger charge is -2.27. The number of furan rings is 1. The largest absolute Gasteiger partial charge is 0.469 e. The van der Waals surface area contributed by atoms with Gasteiger partial charge >= 0.3 is 0 Å². The molecule has 6 nitrogen and oxygen atoms in total. The van der Waals surface area contributed by atoms with Gasteiger partial charge < -0.3 is 20.0 Å². The van der Waals surface area contributed by atoms with Crippen LogP contribution in [0, 0.1) is 5.92 Å². The standard InChI is InChI=1S/C25H32N4O2/c30-24-14-18(17-29(24)22-9-10-22)16-27-25(26-12-11-23-6-3-13-31-23)28-21-8-7-19-4-1-2-5-20(19)15-21/h1-6,13,18,21-22H,7-12,14-17H2,(H2,26,27,28). The molecule has 6 heteroatoms. The van der Waals surface area contributed by atoms with Crippen LogP contribution in [-0.2, 0) is 24.1 Å². The van der Waals surface area contributed by atoms with E-state index in [9.17, 15) is 4.79 Å². The van der Waals surface area contributed by atoms with Gasteiger partial charge in [-0.3, -0.25) is 9.79 Å². The molecule has 2 atom stereocenters. The molecule has 31 heavy (non-hydrogen) atoms. The molecule has 164 valence electrons. The molecule has 2 fully saturated rings. The molecule has 1 amide bonds. The van der Waals surface area contributed by atoms with Crippen molar-refractivity contribution in [1.29, 1.82) is 0 Å². The first-order valence-electron chi connectivity index (χ1n) is 11.7. The fraction of sp³-hybridized carbons (Fsp3) is 0.520. The van der Waals surface area contributed by atoms with Crippen molar-refractivity contribution < 1.29 is 9.21 Å². The van der Waals surface area contributed by atoms with E-state index in [0.29, 0.717) is 36.9 Å². The number of aliphatic imine (C=N–C) groups is 1. The van der Waals surface area contributed by atoms with Crippen molar-refractivity contribution in [1.82, 2.24) is 15.5 Å². The van der Waals surface area contributed by atoms with Crippen molar-refractivity contribution in [3.8, 4) is 0 Å². The Balaban J connectivity index is 1.20. The van der Waals surface area contributed by atoms with E-state index >= 15 is 0 Å². The molecule has 0 radical (unpaired) electrons. The van der Waals surface area contributed by atoms with Crippen LogP contribution in [0.25, 0.3) is 0 Å². The highest BCUT2D eigenvalue weighted by atomic mass is 16.3. The fourth-order valence-electron chi connectivity index (χ4n) is 4.82. The summed E-state index contributed by atoms with van der Waals surface area (Å²) in [6, 6.07) is 13.5. The lowest BCUT2D eigenvalue weighted by molar-refractivity contribution is -0.128. The summed E-state index contributed by atoms with van der Waals surface area (Å²) in [5.41, 5.74) is 2.90. The summed E-state index contributed by atoms with van der Waals surface area (Å²) in [6.07, 6.45) is 8.73. The zero-order chi connectivity index (χ0) is 21.0. The molecule has 0 bridgehead atoms. The lowest BCUT2D eigenvalue weighted by Crippen LogP contribution is -2.46. The maximum absolute atomic E-state index is 12.3. The Morgan fingerprint density at radius 2 is 1.97 bits per heavy atom. The third-order valence-electron chi connectivity index (χ3n) is 6.67. The van der Waals surface area contributed by atoms with Crippen LogP contribution >= 0.6 is 0 Å². The molecule has 1 saturated heterocycles. The van der Waals surface area contributed by atoms with Gasteiger partial charge in [0.1, 0.15) is 5.76 Å². The van der Waals surface area contributed by atoms with Crippen LogP contribution in [0.3, 0.4) is 0 Å². The highest BCUT2D eigenvalue weighted by Gasteiger charge is 2.39. The monoisotopic (exact) mass is 420 g/mol. The van der Waals surface area contributed by atoms with Gasteiger partial charge in [0.25, 0.3) is 0 Å². The number of hydrogen-bond acceptors (Lipinski definition) is 3. The van der Waals surface area contributed by atoms with Crippen molar-refractivity contribution in [3.63, 3.8) is 0 Å². The third-order valence-corrected chi connectivity index (χ3v) is 6.67. The van der Waals surface area contributed by atoms with E-state index in [1.54, 1.807) is 6.26 Å². The van der Waals surface area contributed by atoms with Crippen LogP contribution in [0.15, 0.2) is 52.1 Å². The number of amides is 1. The maximum Gasteiger partial charge on any atom is 0.223 e. The van der Waals surface area contributed by atoms with Crippen LogP contribution in [-0.4, -0.2) is 48.5 Å². The smallest absolute Gasteiger partial charge is 0.223 e. The first-order valence-corrected chi connectivity index (χ1v) is 11.7. The Labute approximate surface area is 184 Å². The molecule has 1 aromatic carbocycles. The van der Waals surface area contributed by atoms with Crippen molar-refractivity contribution >= 4 is 11.9 Å². The Hall–Kier alpha value is -2.76. The number of carbonyl (C=O) groups excluding carboxylic acids is 1. The quantitative estimate of drug-likeness (QED) is 0.534. The van der Waals surface area contributed by atoms with Crippen molar-refractivity contribution in [2.24, 2.45) is 10.9 Å². The number of likely N-dealkylation sites (tertiary alicyclic amines) is 1. The Morgan fingerprint density at radius 3 is 2.77 bits per heavy atom. The second kappa shape index (κ2) is 9.16. The number of nitrogens with zero attached hydrogens (tertiary/aromatic N) is 2. The molecular formula is C25H32N4O2. The predicted octanol–water partition coefficient (Wildman–Crippen LogP) is 2.93. The van der Waals surface area contributed by atoms with Crippen LogP contribution in [0.2, 0.25) is 0 Å². The summed E-state index contributed by atoms with van der Waals surface area (Å²) < 4.78 is 5.45. The van der Waals surface area contributed by atoms with E-state index in [4.69, 9.17) is 9.41 Å². The van der Waals surface area contributed by atoms with Gasteiger partial charge in [-0.15, -0.1) is 0 Å². The second-order valence-electron chi connectivity index (χ2n) is 9.15. The highest BCUT2D eigenvalue weighted by Crippen LogP contribution is 2.32. The van der Waals surface area contributed by atoms with Crippen LogP contribution in [0.1, 0.15) is 42.6 Å². The molecule has 2 unspecified atom stereocenters. The van der Waals surface area contributed by atoms with Gasteiger partial charge in [-0.25, -0.2) is 0 Å². The Bertz CT molecular complexity index is 919. The first kappa shape index (κ1) is 20.2. The molecule has 2 aromatic rings. The normalized spacial score (nSPS) is 23.7. The number of rotatable bonds is 7. The van der Waals surface area contributed by atoms with Crippen molar-refractivity contribution in [2.45, 2.75) is 57.0 Å². The average Bonchev–Trinajstić information content (AvgIpc) is 3.36. The molecule has 1 aliphatic heterocycles. The van der Waals surface area contributed by atoms with Gasteiger partial charge in [-0.2, -0.15) is 0 Å². The zero-order valence-electron chi connectivity index (χ0n) is 18.1. The molecule has 2 N–H and O–H groups in total. The van der Waals surface area contributed by atoms with Gasteiger partial charge in [-0.05, 0) is 55.4 Å². The van der Waals surface area contributed by atoms with E-state index < -0.39 is 0 Å². The second-order valence-corrected chi connectivity index (χ2v) is 9.15. The van der Waals surface area contributed by atoms with Gasteiger partial charge in [0.15, 0.2) is 5.96 Å². The van der Waals surface area contributed by atoms with E-state index in [2.05, 4.69) is 39.8 Å².